The molecule has 0 saturated heterocycles. The van der Waals surface area contributed by atoms with E-state index in [0.29, 0.717) is 5.89 Å². The maximum atomic E-state index is 5.36. The second-order valence-corrected chi connectivity index (χ2v) is 5.38. The van der Waals surface area contributed by atoms with E-state index in [2.05, 4.69) is 27.3 Å². The van der Waals surface area contributed by atoms with Gasteiger partial charge in [0.2, 0.25) is 5.89 Å². The zero-order chi connectivity index (χ0) is 13.8. The van der Waals surface area contributed by atoms with E-state index in [4.69, 9.17) is 16.6 Å². The topological polar surface area (TPSA) is 54.7 Å². The summed E-state index contributed by atoms with van der Waals surface area (Å²) in [5.41, 5.74) is 2.10. The molecule has 2 aromatic heterocycles. The lowest BCUT2D eigenvalue weighted by atomic mass is 10.2. The molecule has 0 radical (unpaired) electrons. The number of pyridine rings is 1. The zero-order valence-electron chi connectivity index (χ0n) is 10.4. The van der Waals surface area contributed by atoms with Crippen LogP contribution >= 0.6 is 24.0 Å². The Labute approximate surface area is 125 Å². The molecule has 0 unspecified atom stereocenters. The number of hydrogen-bond acceptors (Lipinski definition) is 5. The van der Waals surface area contributed by atoms with Gasteiger partial charge in [-0.05, 0) is 29.9 Å². The van der Waals surface area contributed by atoms with E-state index in [-0.39, 0.29) is 4.84 Å². The Kier molecular flexibility index (Phi) is 3.94. The standard InChI is InChI=1S/C14H11N3OS2/c19-14-17-16-12(18-14)11-7-4-8-15-13(11)20-9-10-5-2-1-3-6-10/h1-8H,9H2,(H,17,19). The van der Waals surface area contributed by atoms with Gasteiger partial charge in [0.25, 0.3) is 4.84 Å². The van der Waals surface area contributed by atoms with Gasteiger partial charge in [-0.2, -0.15) is 0 Å². The number of hydrogen-bond donors (Lipinski definition) is 1. The van der Waals surface area contributed by atoms with Crippen molar-refractivity contribution in [1.29, 1.82) is 0 Å². The van der Waals surface area contributed by atoms with Crippen LogP contribution in [0.2, 0.25) is 0 Å². The van der Waals surface area contributed by atoms with Gasteiger partial charge in [0.15, 0.2) is 0 Å². The van der Waals surface area contributed by atoms with Gasteiger partial charge in [-0.3, -0.25) is 0 Å². The van der Waals surface area contributed by atoms with E-state index in [9.17, 15) is 0 Å². The number of aromatic amines is 1. The van der Waals surface area contributed by atoms with Crippen molar-refractivity contribution < 1.29 is 4.42 Å². The highest BCUT2D eigenvalue weighted by Crippen LogP contribution is 2.30. The summed E-state index contributed by atoms with van der Waals surface area (Å²) in [5.74, 6) is 1.31. The minimum atomic E-state index is 0.267. The first-order chi connectivity index (χ1) is 9.83. The highest BCUT2D eigenvalue weighted by Gasteiger charge is 2.11. The van der Waals surface area contributed by atoms with Gasteiger partial charge in [-0.1, -0.05) is 30.3 Å². The molecule has 2 heterocycles. The van der Waals surface area contributed by atoms with E-state index in [0.717, 1.165) is 16.3 Å². The van der Waals surface area contributed by atoms with Crippen molar-refractivity contribution in [2.24, 2.45) is 0 Å². The summed E-state index contributed by atoms with van der Waals surface area (Å²) in [6.07, 6.45) is 1.76. The van der Waals surface area contributed by atoms with Crippen LogP contribution in [-0.4, -0.2) is 15.2 Å². The Morgan fingerprint density at radius 3 is 2.75 bits per heavy atom. The van der Waals surface area contributed by atoms with Crippen LogP contribution < -0.4 is 0 Å². The highest BCUT2D eigenvalue weighted by molar-refractivity contribution is 7.98. The predicted molar refractivity (Wildman–Crippen MR) is 80.9 cm³/mol. The maximum absolute atomic E-state index is 5.36. The molecule has 3 rings (SSSR count). The summed E-state index contributed by atoms with van der Waals surface area (Å²) >= 11 is 6.55. The number of benzene rings is 1. The Bertz CT molecular complexity index is 752. The summed E-state index contributed by atoms with van der Waals surface area (Å²) in [7, 11) is 0. The molecule has 1 aromatic carbocycles. The summed E-state index contributed by atoms with van der Waals surface area (Å²) in [4.78, 5) is 4.66. The Balaban J connectivity index is 1.85. The molecule has 0 amide bonds. The van der Waals surface area contributed by atoms with Gasteiger partial charge in [-0.15, -0.1) is 16.9 Å². The highest BCUT2D eigenvalue weighted by atomic mass is 32.2. The maximum Gasteiger partial charge on any atom is 0.284 e. The summed E-state index contributed by atoms with van der Waals surface area (Å²) in [6.45, 7) is 0. The monoisotopic (exact) mass is 301 g/mol. The fourth-order valence-electron chi connectivity index (χ4n) is 1.74. The number of thioether (sulfide) groups is 1. The normalized spacial score (nSPS) is 10.6. The van der Waals surface area contributed by atoms with Crippen molar-refractivity contribution in [2.75, 3.05) is 0 Å². The van der Waals surface area contributed by atoms with Crippen molar-refractivity contribution in [2.45, 2.75) is 10.8 Å². The molecule has 0 atom stereocenters. The number of rotatable bonds is 4. The van der Waals surface area contributed by atoms with Gasteiger partial charge in [0.1, 0.15) is 5.03 Å². The van der Waals surface area contributed by atoms with Crippen LogP contribution in [0.1, 0.15) is 5.56 Å². The van der Waals surface area contributed by atoms with Crippen LogP contribution in [0.25, 0.3) is 11.5 Å². The fourth-order valence-corrected chi connectivity index (χ4v) is 2.81. The summed E-state index contributed by atoms with van der Waals surface area (Å²) < 4.78 is 5.36. The van der Waals surface area contributed by atoms with Gasteiger partial charge in [0.05, 0.1) is 5.56 Å². The molecule has 100 valence electrons. The lowest BCUT2D eigenvalue weighted by Gasteiger charge is -2.04. The van der Waals surface area contributed by atoms with E-state index in [1.54, 1.807) is 18.0 Å². The number of nitrogens with zero attached hydrogens (tertiary/aromatic N) is 2. The SMILES string of the molecule is S=c1[nH]nc(-c2cccnc2SCc2ccccc2)o1. The van der Waals surface area contributed by atoms with Crippen molar-refractivity contribution >= 4 is 24.0 Å². The summed E-state index contributed by atoms with van der Waals surface area (Å²) in [5, 5.41) is 7.56. The van der Waals surface area contributed by atoms with Crippen molar-refractivity contribution in [1.82, 2.24) is 15.2 Å². The molecule has 4 nitrogen and oxygen atoms in total. The third-order valence-corrected chi connectivity index (χ3v) is 3.91. The molecule has 0 bridgehead atoms. The van der Waals surface area contributed by atoms with Gasteiger partial charge >= 0.3 is 0 Å². The predicted octanol–water partition coefficient (Wildman–Crippen LogP) is 4.09. The molecule has 0 spiro atoms. The average Bonchev–Trinajstić information content (AvgIpc) is 2.93. The van der Waals surface area contributed by atoms with Crippen LogP contribution in [0.5, 0.6) is 0 Å². The van der Waals surface area contributed by atoms with E-state index < -0.39 is 0 Å². The molecule has 1 N–H and O–H groups in total. The second-order valence-electron chi connectivity index (χ2n) is 4.05. The van der Waals surface area contributed by atoms with Gasteiger partial charge in [0, 0.05) is 11.9 Å². The third kappa shape index (κ3) is 2.97. The van der Waals surface area contributed by atoms with Crippen LogP contribution in [0.3, 0.4) is 0 Å². The van der Waals surface area contributed by atoms with Gasteiger partial charge < -0.3 is 4.42 Å². The average molecular weight is 301 g/mol. The minimum Gasteiger partial charge on any atom is -0.409 e. The first kappa shape index (κ1) is 13.1. The number of aromatic nitrogens is 3. The molecule has 0 fully saturated rings. The second kappa shape index (κ2) is 6.02. The third-order valence-electron chi connectivity index (χ3n) is 2.66. The van der Waals surface area contributed by atoms with E-state index >= 15 is 0 Å². The fraction of sp³-hybridized carbons (Fsp3) is 0.0714. The zero-order valence-corrected chi connectivity index (χ0v) is 12.1. The van der Waals surface area contributed by atoms with Gasteiger partial charge in [-0.25, -0.2) is 10.1 Å². The van der Waals surface area contributed by atoms with Crippen LogP contribution in [0, 0.1) is 4.84 Å². The Morgan fingerprint density at radius 2 is 2.00 bits per heavy atom. The minimum absolute atomic E-state index is 0.267. The number of H-pyrrole nitrogens is 1. The Hall–Kier alpha value is -1.92. The van der Waals surface area contributed by atoms with Crippen molar-refractivity contribution in [3.8, 4) is 11.5 Å². The molecule has 0 aliphatic rings. The lowest BCUT2D eigenvalue weighted by Crippen LogP contribution is -1.88. The molecule has 20 heavy (non-hydrogen) atoms. The van der Waals surface area contributed by atoms with Crippen LogP contribution in [-0.2, 0) is 5.75 Å². The molecular weight excluding hydrogens is 290 g/mol. The first-order valence-corrected chi connectivity index (χ1v) is 7.40. The van der Waals surface area contributed by atoms with E-state index in [1.807, 2.05) is 30.3 Å². The lowest BCUT2D eigenvalue weighted by molar-refractivity contribution is 0.550. The molecule has 0 aliphatic heterocycles. The van der Waals surface area contributed by atoms with Crippen molar-refractivity contribution in [3.63, 3.8) is 0 Å². The number of nitrogens with one attached hydrogen (secondary N) is 1. The largest absolute Gasteiger partial charge is 0.409 e. The van der Waals surface area contributed by atoms with Crippen molar-refractivity contribution in [3.05, 3.63) is 59.1 Å². The smallest absolute Gasteiger partial charge is 0.284 e. The first-order valence-electron chi connectivity index (χ1n) is 6.00. The molecule has 0 saturated carbocycles. The molecule has 3 aromatic rings. The molecule has 0 aliphatic carbocycles. The summed E-state index contributed by atoms with van der Waals surface area (Å²) in [6, 6.07) is 14.0. The molecule has 6 heteroatoms. The quantitative estimate of drug-likeness (QED) is 0.581. The van der Waals surface area contributed by atoms with Crippen LogP contribution in [0.15, 0.2) is 58.1 Å². The van der Waals surface area contributed by atoms with Crippen LogP contribution in [0.4, 0.5) is 0 Å². The molecular formula is C14H11N3OS2. The van der Waals surface area contributed by atoms with E-state index in [1.165, 1.54) is 5.56 Å². The Morgan fingerprint density at radius 1 is 1.15 bits per heavy atom.